The molecule has 0 unspecified atom stereocenters. The molecule has 0 aliphatic carbocycles. The highest BCUT2D eigenvalue weighted by molar-refractivity contribution is 5.92. The molecule has 138 valence electrons. The van der Waals surface area contributed by atoms with Crippen molar-refractivity contribution in [3.63, 3.8) is 0 Å². The van der Waals surface area contributed by atoms with Crippen molar-refractivity contribution in [2.75, 3.05) is 24.3 Å². The maximum atomic E-state index is 12.9. The second kappa shape index (κ2) is 8.27. The number of hydrogen-bond acceptors (Lipinski definition) is 5. The van der Waals surface area contributed by atoms with E-state index in [2.05, 4.69) is 20.6 Å². The summed E-state index contributed by atoms with van der Waals surface area (Å²) in [5.74, 6) is -0.301. The van der Waals surface area contributed by atoms with E-state index in [0.717, 1.165) is 16.9 Å². The Morgan fingerprint density at radius 3 is 2.41 bits per heavy atom. The maximum absolute atomic E-state index is 12.9. The second-order valence-corrected chi connectivity index (χ2v) is 6.14. The van der Waals surface area contributed by atoms with Crippen molar-refractivity contribution in [2.45, 2.75) is 6.54 Å². The Kier molecular flexibility index (Phi) is 5.61. The number of nitrogens with one attached hydrogen (secondary N) is 2. The summed E-state index contributed by atoms with van der Waals surface area (Å²) in [6.45, 7) is 0.290. The Balaban J connectivity index is 1.63. The van der Waals surface area contributed by atoms with Gasteiger partial charge in [0, 0.05) is 38.2 Å². The lowest BCUT2D eigenvalue weighted by Gasteiger charge is -2.13. The molecule has 3 aromatic rings. The van der Waals surface area contributed by atoms with Gasteiger partial charge < -0.3 is 15.5 Å². The number of anilines is 3. The molecule has 1 heterocycles. The van der Waals surface area contributed by atoms with E-state index in [9.17, 15) is 9.18 Å². The van der Waals surface area contributed by atoms with Crippen molar-refractivity contribution >= 4 is 23.2 Å². The second-order valence-electron chi connectivity index (χ2n) is 6.14. The van der Waals surface area contributed by atoms with Gasteiger partial charge in [0.15, 0.2) is 0 Å². The Morgan fingerprint density at radius 1 is 1.04 bits per heavy atom. The zero-order chi connectivity index (χ0) is 19.2. The van der Waals surface area contributed by atoms with Crippen LogP contribution >= 0.6 is 0 Å². The summed E-state index contributed by atoms with van der Waals surface area (Å²) < 4.78 is 12.9. The third-order valence-electron chi connectivity index (χ3n) is 3.89. The molecule has 6 nitrogen and oxygen atoms in total. The number of halogens is 1. The molecule has 3 rings (SSSR count). The van der Waals surface area contributed by atoms with Gasteiger partial charge in [0.05, 0.1) is 0 Å². The SMILES string of the molecule is CN(C)c1ccc(Nc2nccc(C(=O)NCc3ccc(F)cc3)n2)cc1. The van der Waals surface area contributed by atoms with Crippen molar-refractivity contribution in [1.82, 2.24) is 15.3 Å². The standard InChI is InChI=1S/C20H20FN5O/c1-26(2)17-9-7-16(8-10-17)24-20-22-12-11-18(25-20)19(27)23-13-14-3-5-15(21)6-4-14/h3-12H,13H2,1-2H3,(H,23,27)(H,22,24,25). The van der Waals surface area contributed by atoms with Crippen molar-refractivity contribution in [3.05, 3.63) is 77.9 Å². The van der Waals surface area contributed by atoms with Gasteiger partial charge in [-0.25, -0.2) is 14.4 Å². The van der Waals surface area contributed by atoms with Crippen molar-refractivity contribution in [1.29, 1.82) is 0 Å². The third kappa shape index (κ3) is 5.01. The quantitative estimate of drug-likeness (QED) is 0.701. The van der Waals surface area contributed by atoms with Crippen LogP contribution in [-0.4, -0.2) is 30.0 Å². The molecule has 0 aliphatic heterocycles. The molecule has 0 bridgehead atoms. The minimum absolute atomic E-state index is 0.250. The van der Waals surface area contributed by atoms with Crippen molar-refractivity contribution < 1.29 is 9.18 Å². The molecule has 2 aromatic carbocycles. The topological polar surface area (TPSA) is 70.2 Å². The smallest absolute Gasteiger partial charge is 0.270 e. The Hall–Kier alpha value is -3.48. The van der Waals surface area contributed by atoms with Crippen LogP contribution in [0.3, 0.4) is 0 Å². The normalized spacial score (nSPS) is 10.3. The molecular weight excluding hydrogens is 345 g/mol. The number of rotatable bonds is 6. The van der Waals surface area contributed by atoms with E-state index in [1.807, 2.05) is 43.3 Å². The van der Waals surface area contributed by atoms with Crippen molar-refractivity contribution in [2.24, 2.45) is 0 Å². The van der Waals surface area contributed by atoms with E-state index in [1.54, 1.807) is 18.2 Å². The third-order valence-corrected chi connectivity index (χ3v) is 3.89. The first-order chi connectivity index (χ1) is 13.0. The zero-order valence-electron chi connectivity index (χ0n) is 15.1. The maximum Gasteiger partial charge on any atom is 0.270 e. The van der Waals surface area contributed by atoms with Crippen LogP contribution in [0.5, 0.6) is 0 Å². The molecule has 0 radical (unpaired) electrons. The Bertz CT molecular complexity index is 910. The van der Waals surface area contributed by atoms with E-state index in [4.69, 9.17) is 0 Å². The number of carbonyl (C=O) groups excluding carboxylic acids is 1. The minimum atomic E-state index is -0.326. The molecule has 0 spiro atoms. The van der Waals surface area contributed by atoms with Crippen LogP contribution in [0.4, 0.5) is 21.7 Å². The lowest BCUT2D eigenvalue weighted by atomic mass is 10.2. The van der Waals surface area contributed by atoms with Crippen LogP contribution in [0.2, 0.25) is 0 Å². The zero-order valence-corrected chi connectivity index (χ0v) is 15.1. The van der Waals surface area contributed by atoms with Crippen LogP contribution in [-0.2, 0) is 6.54 Å². The summed E-state index contributed by atoms with van der Waals surface area (Å²) >= 11 is 0. The molecule has 7 heteroatoms. The van der Waals surface area contributed by atoms with E-state index in [-0.39, 0.29) is 24.0 Å². The number of carbonyl (C=O) groups is 1. The fourth-order valence-corrected chi connectivity index (χ4v) is 2.39. The van der Waals surface area contributed by atoms with Crippen LogP contribution in [0.1, 0.15) is 16.1 Å². The fraction of sp³-hybridized carbons (Fsp3) is 0.150. The van der Waals surface area contributed by atoms with E-state index in [0.29, 0.717) is 5.95 Å². The molecule has 0 saturated heterocycles. The summed E-state index contributed by atoms with van der Waals surface area (Å²) in [5.41, 5.74) is 2.96. The highest BCUT2D eigenvalue weighted by atomic mass is 19.1. The van der Waals surface area contributed by atoms with Gasteiger partial charge in [-0.1, -0.05) is 12.1 Å². The monoisotopic (exact) mass is 365 g/mol. The Labute approximate surface area is 157 Å². The fourth-order valence-electron chi connectivity index (χ4n) is 2.39. The van der Waals surface area contributed by atoms with E-state index >= 15 is 0 Å². The van der Waals surface area contributed by atoms with Gasteiger partial charge in [0.1, 0.15) is 11.5 Å². The molecule has 27 heavy (non-hydrogen) atoms. The number of benzene rings is 2. The lowest BCUT2D eigenvalue weighted by molar-refractivity contribution is 0.0946. The first-order valence-electron chi connectivity index (χ1n) is 8.41. The highest BCUT2D eigenvalue weighted by Gasteiger charge is 2.09. The molecule has 0 aliphatic rings. The number of hydrogen-bond donors (Lipinski definition) is 2. The number of nitrogens with zero attached hydrogens (tertiary/aromatic N) is 3. The largest absolute Gasteiger partial charge is 0.378 e. The van der Waals surface area contributed by atoms with Gasteiger partial charge in [-0.05, 0) is 48.0 Å². The van der Waals surface area contributed by atoms with Crippen molar-refractivity contribution in [3.8, 4) is 0 Å². The molecule has 1 aromatic heterocycles. The molecular formula is C20H20FN5O. The predicted molar refractivity (Wildman–Crippen MR) is 104 cm³/mol. The van der Waals surface area contributed by atoms with Gasteiger partial charge in [-0.2, -0.15) is 0 Å². The summed E-state index contributed by atoms with van der Waals surface area (Å²) in [6.07, 6.45) is 1.52. The molecule has 1 amide bonds. The number of aromatic nitrogens is 2. The van der Waals surface area contributed by atoms with E-state index in [1.165, 1.54) is 18.3 Å². The summed E-state index contributed by atoms with van der Waals surface area (Å²) in [5, 5.41) is 5.84. The van der Waals surface area contributed by atoms with Gasteiger partial charge in [0.2, 0.25) is 5.95 Å². The van der Waals surface area contributed by atoms with Crippen LogP contribution in [0.15, 0.2) is 60.8 Å². The van der Waals surface area contributed by atoms with Gasteiger partial charge in [-0.15, -0.1) is 0 Å². The molecule has 2 N–H and O–H groups in total. The van der Waals surface area contributed by atoms with E-state index < -0.39 is 0 Å². The first-order valence-corrected chi connectivity index (χ1v) is 8.41. The first kappa shape index (κ1) is 18.3. The van der Waals surface area contributed by atoms with Crippen LogP contribution in [0, 0.1) is 5.82 Å². The minimum Gasteiger partial charge on any atom is -0.378 e. The van der Waals surface area contributed by atoms with Gasteiger partial charge in [0.25, 0.3) is 5.91 Å². The average Bonchev–Trinajstić information content (AvgIpc) is 2.68. The van der Waals surface area contributed by atoms with Gasteiger partial charge >= 0.3 is 0 Å². The molecule has 0 saturated carbocycles. The predicted octanol–water partition coefficient (Wildman–Crippen LogP) is 3.36. The van der Waals surface area contributed by atoms with Crippen LogP contribution in [0.25, 0.3) is 0 Å². The summed E-state index contributed by atoms with van der Waals surface area (Å²) in [4.78, 5) is 22.7. The lowest BCUT2D eigenvalue weighted by Crippen LogP contribution is -2.24. The number of amides is 1. The average molecular weight is 365 g/mol. The van der Waals surface area contributed by atoms with Crippen LogP contribution < -0.4 is 15.5 Å². The summed E-state index contributed by atoms with van der Waals surface area (Å²) in [7, 11) is 3.94. The summed E-state index contributed by atoms with van der Waals surface area (Å²) in [6, 6.07) is 15.3. The van der Waals surface area contributed by atoms with Gasteiger partial charge in [-0.3, -0.25) is 4.79 Å². The Morgan fingerprint density at radius 2 is 1.74 bits per heavy atom. The molecule has 0 fully saturated rings. The molecule has 0 atom stereocenters. The highest BCUT2D eigenvalue weighted by Crippen LogP contribution is 2.18.